The largest absolute Gasteiger partial charge is 0.0845 e. The van der Waals surface area contributed by atoms with Crippen LogP contribution in [0, 0.1) is 34.0 Å². The number of allylic oxidation sites excluding steroid dienone is 2. The van der Waals surface area contributed by atoms with Gasteiger partial charge in [0, 0.05) is 0 Å². The molecule has 0 saturated heterocycles. The molecule has 118 valence electrons. The summed E-state index contributed by atoms with van der Waals surface area (Å²) in [6.45, 7) is 10.4. The molecular formula is C21H34. The lowest BCUT2D eigenvalue weighted by atomic mass is 9.46. The smallest absolute Gasteiger partial charge is 0.00853 e. The van der Waals surface area contributed by atoms with Gasteiger partial charge in [0.15, 0.2) is 0 Å². The van der Waals surface area contributed by atoms with E-state index >= 15 is 0 Å². The fourth-order valence-corrected chi connectivity index (χ4v) is 7.19. The predicted molar refractivity (Wildman–Crippen MR) is 90.1 cm³/mol. The number of hydrogen-bond acceptors (Lipinski definition) is 0. The van der Waals surface area contributed by atoms with Gasteiger partial charge in [-0.1, -0.05) is 45.8 Å². The van der Waals surface area contributed by atoms with Gasteiger partial charge in [-0.05, 0) is 85.4 Å². The summed E-state index contributed by atoms with van der Waals surface area (Å²) in [5.41, 5.74) is 3.62. The highest BCUT2D eigenvalue weighted by Gasteiger charge is 2.60. The highest BCUT2D eigenvalue weighted by atomic mass is 14.6. The predicted octanol–water partition coefficient (Wildman–Crippen LogP) is 6.37. The minimum atomic E-state index is 0.570. The van der Waals surface area contributed by atoms with Gasteiger partial charge >= 0.3 is 0 Å². The van der Waals surface area contributed by atoms with E-state index in [0.717, 1.165) is 17.8 Å². The lowest BCUT2D eigenvalue weighted by molar-refractivity contribution is -0.0618. The molecule has 4 aliphatic carbocycles. The summed E-state index contributed by atoms with van der Waals surface area (Å²) in [6, 6.07) is 0. The van der Waals surface area contributed by atoms with Crippen molar-refractivity contribution >= 4 is 0 Å². The Balaban J connectivity index is 1.71. The van der Waals surface area contributed by atoms with Gasteiger partial charge in [0.1, 0.15) is 0 Å². The van der Waals surface area contributed by atoms with E-state index in [0.29, 0.717) is 16.2 Å². The van der Waals surface area contributed by atoms with Gasteiger partial charge in [-0.2, -0.15) is 0 Å². The molecule has 0 aliphatic heterocycles. The summed E-state index contributed by atoms with van der Waals surface area (Å²) >= 11 is 0. The van der Waals surface area contributed by atoms with Gasteiger partial charge in [-0.15, -0.1) is 0 Å². The lowest BCUT2D eigenvalue weighted by Crippen LogP contribution is -2.50. The quantitative estimate of drug-likeness (QED) is 0.454. The first-order valence-corrected chi connectivity index (χ1v) is 9.58. The van der Waals surface area contributed by atoms with Gasteiger partial charge in [-0.25, -0.2) is 0 Å². The third kappa shape index (κ3) is 1.74. The van der Waals surface area contributed by atoms with Gasteiger partial charge in [0.05, 0.1) is 0 Å². The zero-order valence-corrected chi connectivity index (χ0v) is 14.7. The van der Waals surface area contributed by atoms with Crippen molar-refractivity contribution in [3.8, 4) is 0 Å². The van der Waals surface area contributed by atoms with E-state index in [9.17, 15) is 0 Å². The first-order chi connectivity index (χ1) is 9.88. The second-order valence-electron chi connectivity index (χ2n) is 9.85. The molecular weight excluding hydrogens is 252 g/mol. The molecule has 0 heteroatoms. The minimum absolute atomic E-state index is 0.570. The summed E-state index contributed by atoms with van der Waals surface area (Å²) in [4.78, 5) is 0. The van der Waals surface area contributed by atoms with Crippen molar-refractivity contribution in [1.82, 2.24) is 0 Å². The number of fused-ring (bicyclic) bond motifs is 5. The minimum Gasteiger partial charge on any atom is -0.0845 e. The van der Waals surface area contributed by atoms with Crippen LogP contribution in [0.3, 0.4) is 0 Å². The Bertz CT molecular complexity index is 470. The van der Waals surface area contributed by atoms with Crippen LogP contribution in [0.4, 0.5) is 0 Å². The maximum atomic E-state index is 2.71. The molecule has 0 nitrogen and oxygen atoms in total. The van der Waals surface area contributed by atoms with Crippen LogP contribution in [0.2, 0.25) is 0 Å². The topological polar surface area (TPSA) is 0 Å². The molecule has 0 radical (unpaired) electrons. The average molecular weight is 287 g/mol. The Hall–Kier alpha value is -0.260. The van der Waals surface area contributed by atoms with E-state index in [-0.39, 0.29) is 0 Å². The number of hydrogen-bond donors (Lipinski definition) is 0. The normalized spacial score (nSPS) is 51.6. The molecule has 0 aromatic carbocycles. The van der Waals surface area contributed by atoms with E-state index in [4.69, 9.17) is 0 Å². The van der Waals surface area contributed by atoms with Crippen molar-refractivity contribution in [1.29, 1.82) is 0 Å². The molecule has 0 aromatic rings. The maximum absolute atomic E-state index is 2.71. The van der Waals surface area contributed by atoms with Gasteiger partial charge in [0.2, 0.25) is 0 Å². The first kappa shape index (κ1) is 14.3. The van der Waals surface area contributed by atoms with Crippen LogP contribution in [0.5, 0.6) is 0 Å². The van der Waals surface area contributed by atoms with Crippen molar-refractivity contribution in [3.05, 3.63) is 11.6 Å². The molecule has 3 fully saturated rings. The third-order valence-corrected chi connectivity index (χ3v) is 9.03. The summed E-state index contributed by atoms with van der Waals surface area (Å²) in [5, 5.41) is 0. The second-order valence-corrected chi connectivity index (χ2v) is 9.85. The Labute approximate surface area is 131 Å². The lowest BCUT2D eigenvalue weighted by Gasteiger charge is -2.59. The van der Waals surface area contributed by atoms with Crippen LogP contribution >= 0.6 is 0 Å². The van der Waals surface area contributed by atoms with Crippen molar-refractivity contribution in [2.45, 2.75) is 85.5 Å². The monoisotopic (exact) mass is 286 g/mol. The molecule has 0 N–H and O–H groups in total. The van der Waals surface area contributed by atoms with Crippen molar-refractivity contribution in [3.63, 3.8) is 0 Å². The molecule has 3 saturated carbocycles. The molecule has 4 aliphatic rings. The first-order valence-electron chi connectivity index (χ1n) is 9.58. The van der Waals surface area contributed by atoms with Gasteiger partial charge < -0.3 is 0 Å². The molecule has 0 aromatic heterocycles. The molecule has 5 atom stereocenters. The molecule has 4 rings (SSSR count). The van der Waals surface area contributed by atoms with Crippen LogP contribution in [-0.2, 0) is 0 Å². The average Bonchev–Trinajstić information content (AvgIpc) is 2.69. The Morgan fingerprint density at radius 1 is 0.905 bits per heavy atom. The number of rotatable bonds is 0. The third-order valence-electron chi connectivity index (χ3n) is 9.03. The Morgan fingerprint density at radius 3 is 2.48 bits per heavy atom. The van der Waals surface area contributed by atoms with Crippen molar-refractivity contribution in [2.24, 2.45) is 34.0 Å². The zero-order valence-electron chi connectivity index (χ0n) is 14.7. The Kier molecular flexibility index (Phi) is 3.00. The molecule has 0 heterocycles. The molecule has 0 amide bonds. The molecule has 0 spiro atoms. The summed E-state index contributed by atoms with van der Waals surface area (Å²) in [7, 11) is 0. The second kappa shape index (κ2) is 4.39. The highest BCUT2D eigenvalue weighted by molar-refractivity contribution is 5.24. The molecule has 21 heavy (non-hydrogen) atoms. The summed E-state index contributed by atoms with van der Waals surface area (Å²) in [6.07, 6.45) is 15.9. The van der Waals surface area contributed by atoms with Crippen LogP contribution in [0.25, 0.3) is 0 Å². The highest BCUT2D eigenvalue weighted by Crippen LogP contribution is 2.69. The van der Waals surface area contributed by atoms with E-state index in [2.05, 4.69) is 33.8 Å². The van der Waals surface area contributed by atoms with Gasteiger partial charge in [-0.3, -0.25) is 0 Å². The standard InChI is InChI=1S/C21H34/c1-19(2)13-10-18-16-9-8-15-7-5-6-12-20(15,3)17(16)11-14-21(18,19)4/h8,16-18H,5-7,9-14H2,1-4H3/t16?,17?,18?,20-,21-/m0/s1. The molecule has 3 unspecified atom stereocenters. The van der Waals surface area contributed by atoms with E-state index in [1.165, 1.54) is 57.8 Å². The molecule has 0 bridgehead atoms. The van der Waals surface area contributed by atoms with Crippen LogP contribution in [0.1, 0.15) is 85.5 Å². The Morgan fingerprint density at radius 2 is 1.67 bits per heavy atom. The van der Waals surface area contributed by atoms with E-state index in [1.54, 1.807) is 0 Å². The van der Waals surface area contributed by atoms with E-state index < -0.39 is 0 Å². The fourth-order valence-electron chi connectivity index (χ4n) is 7.19. The van der Waals surface area contributed by atoms with Crippen LogP contribution in [-0.4, -0.2) is 0 Å². The maximum Gasteiger partial charge on any atom is -0.00853 e. The SMILES string of the molecule is CC1(C)CCC2C3CC=C4CCCC[C@]4(C)C3CC[C@@]21C. The zero-order chi connectivity index (χ0) is 14.9. The van der Waals surface area contributed by atoms with Crippen LogP contribution < -0.4 is 0 Å². The summed E-state index contributed by atoms with van der Waals surface area (Å²) < 4.78 is 0. The van der Waals surface area contributed by atoms with Crippen molar-refractivity contribution in [2.75, 3.05) is 0 Å². The summed E-state index contributed by atoms with van der Waals surface area (Å²) in [5.74, 6) is 3.00. The van der Waals surface area contributed by atoms with Crippen LogP contribution in [0.15, 0.2) is 11.6 Å². The van der Waals surface area contributed by atoms with E-state index in [1.807, 2.05) is 5.57 Å². The van der Waals surface area contributed by atoms with Gasteiger partial charge in [0.25, 0.3) is 0 Å². The fraction of sp³-hybridized carbons (Fsp3) is 0.905. The van der Waals surface area contributed by atoms with Crippen molar-refractivity contribution < 1.29 is 0 Å².